The summed E-state index contributed by atoms with van der Waals surface area (Å²) >= 11 is 0. The summed E-state index contributed by atoms with van der Waals surface area (Å²) in [4.78, 5) is 4.70. The van der Waals surface area contributed by atoms with Gasteiger partial charge in [-0.05, 0) is 103 Å². The molecule has 0 radical (unpaired) electrons. The van der Waals surface area contributed by atoms with Crippen LogP contribution < -0.4 is 9.73 Å². The van der Waals surface area contributed by atoms with E-state index in [0.29, 0.717) is 36.5 Å². The molecular formula is C39H59N3O4S. The number of nitrogens with zero attached hydrogens (tertiary/aromatic N) is 2. The van der Waals surface area contributed by atoms with Gasteiger partial charge in [-0.25, -0.2) is 4.83 Å². The van der Waals surface area contributed by atoms with Crippen molar-refractivity contribution in [3.05, 3.63) is 36.4 Å². The van der Waals surface area contributed by atoms with E-state index in [2.05, 4.69) is 44.6 Å². The molecule has 10 atom stereocenters. The first-order valence-corrected chi connectivity index (χ1v) is 19.8. The molecule has 8 heteroatoms. The van der Waals surface area contributed by atoms with Gasteiger partial charge in [0.25, 0.3) is 10.0 Å². The minimum absolute atomic E-state index is 0.161. The zero-order chi connectivity index (χ0) is 33.9. The van der Waals surface area contributed by atoms with E-state index in [4.69, 9.17) is 0 Å². The highest BCUT2D eigenvalue weighted by molar-refractivity contribution is 7.89. The minimum atomic E-state index is -3.94. The van der Waals surface area contributed by atoms with Crippen molar-refractivity contribution in [3.8, 4) is 0 Å². The molecule has 2 aromatic rings. The van der Waals surface area contributed by atoms with E-state index in [0.717, 1.165) is 41.6 Å². The normalized spacial score (nSPS) is 37.6. The van der Waals surface area contributed by atoms with Crippen molar-refractivity contribution in [2.24, 2.45) is 57.4 Å². The fourth-order valence-corrected chi connectivity index (χ4v) is 12.3. The lowest BCUT2D eigenvalue weighted by Crippen LogP contribution is -2.54. The van der Waals surface area contributed by atoms with Crippen molar-refractivity contribution in [2.45, 2.75) is 115 Å². The van der Waals surface area contributed by atoms with Crippen molar-refractivity contribution in [1.82, 2.24) is 4.83 Å². The van der Waals surface area contributed by atoms with Gasteiger partial charge in [0.2, 0.25) is 0 Å². The van der Waals surface area contributed by atoms with Crippen LogP contribution in [0.1, 0.15) is 98.8 Å². The Balaban J connectivity index is 1.29. The molecule has 4 unspecified atom stereocenters. The average molecular weight is 666 g/mol. The Morgan fingerprint density at radius 1 is 1.02 bits per heavy atom. The van der Waals surface area contributed by atoms with Gasteiger partial charge in [-0.2, -0.15) is 13.5 Å². The lowest BCUT2D eigenvalue weighted by molar-refractivity contribution is -0.142. The van der Waals surface area contributed by atoms with Crippen LogP contribution in [0.2, 0.25) is 0 Å². The summed E-state index contributed by atoms with van der Waals surface area (Å²) < 4.78 is 27.1. The fourth-order valence-electron chi connectivity index (χ4n) is 11.4. The van der Waals surface area contributed by atoms with E-state index in [1.165, 1.54) is 32.1 Å². The van der Waals surface area contributed by atoms with E-state index in [-0.39, 0.29) is 27.6 Å². The summed E-state index contributed by atoms with van der Waals surface area (Å²) in [5, 5.41) is 29.8. The zero-order valence-electron chi connectivity index (χ0n) is 29.7. The Morgan fingerprint density at radius 2 is 1.79 bits per heavy atom. The van der Waals surface area contributed by atoms with Crippen molar-refractivity contribution in [1.29, 1.82) is 0 Å². The molecule has 3 N–H and O–H groups in total. The Hall–Kier alpha value is -2.16. The van der Waals surface area contributed by atoms with Crippen molar-refractivity contribution in [2.75, 3.05) is 19.0 Å². The Kier molecular flexibility index (Phi) is 9.32. The summed E-state index contributed by atoms with van der Waals surface area (Å²) in [6.45, 7) is 11.9. The second kappa shape index (κ2) is 12.6. The van der Waals surface area contributed by atoms with Crippen LogP contribution in [0.4, 0.5) is 5.69 Å². The first kappa shape index (κ1) is 34.7. The molecule has 6 rings (SSSR count). The lowest BCUT2D eigenvalue weighted by Gasteiger charge is -2.52. The van der Waals surface area contributed by atoms with Crippen molar-refractivity contribution in [3.63, 3.8) is 0 Å². The minimum Gasteiger partial charge on any atom is -0.393 e. The molecule has 2 aromatic carbocycles. The molecule has 4 saturated carbocycles. The molecule has 0 spiro atoms. The highest BCUT2D eigenvalue weighted by Crippen LogP contribution is 2.72. The highest BCUT2D eigenvalue weighted by atomic mass is 32.2. The van der Waals surface area contributed by atoms with Gasteiger partial charge in [-0.3, -0.25) is 0 Å². The van der Waals surface area contributed by atoms with E-state index in [1.54, 1.807) is 18.3 Å². The zero-order valence-corrected chi connectivity index (χ0v) is 30.6. The number of hydrogen-bond acceptors (Lipinski definition) is 6. The molecule has 0 aliphatic heterocycles. The standard InChI is InChI=1S/C39H59N3O4S/c1-25(2)10-8-11-26(3)31-16-17-32-36-33(19-20-37(31,32)4)38(5)21-18-28(43)23-39(38,44)34(36)24-40-41-47(45,46)29-14-15-30-27(22-29)12-9-13-35(30)42(6)7/h9,12-15,22,24-26,28,31-34,36,41,43-44H,8,10-11,16-21,23H2,1-7H3/b40-24+/t26-,28+,31-,32?,33?,34?,36?,37-,38-,39-/m1/s1. The molecule has 0 aromatic heterocycles. The van der Waals surface area contributed by atoms with Gasteiger partial charge < -0.3 is 15.1 Å². The predicted octanol–water partition coefficient (Wildman–Crippen LogP) is 7.60. The van der Waals surface area contributed by atoms with Crippen LogP contribution in [-0.2, 0) is 10.0 Å². The Morgan fingerprint density at radius 3 is 2.51 bits per heavy atom. The number of rotatable bonds is 10. The number of sulfonamides is 1. The quantitative estimate of drug-likeness (QED) is 0.179. The number of nitrogens with one attached hydrogen (secondary N) is 1. The van der Waals surface area contributed by atoms with Gasteiger partial charge in [0.15, 0.2) is 0 Å². The summed E-state index contributed by atoms with van der Waals surface area (Å²) in [5.41, 5.74) is -0.249. The van der Waals surface area contributed by atoms with E-state index < -0.39 is 21.7 Å². The van der Waals surface area contributed by atoms with Crippen LogP contribution in [0.3, 0.4) is 0 Å². The average Bonchev–Trinajstić information content (AvgIpc) is 3.45. The third-order valence-electron chi connectivity index (χ3n) is 13.9. The molecule has 0 heterocycles. The number of anilines is 1. The Labute approximate surface area is 283 Å². The molecule has 7 nitrogen and oxygen atoms in total. The van der Waals surface area contributed by atoms with Crippen LogP contribution >= 0.6 is 0 Å². The number of aliphatic hydroxyl groups excluding tert-OH is 1. The van der Waals surface area contributed by atoms with Crippen molar-refractivity contribution >= 4 is 32.7 Å². The highest BCUT2D eigenvalue weighted by Gasteiger charge is 2.71. The summed E-state index contributed by atoms with van der Waals surface area (Å²) in [6, 6.07) is 11.1. The number of fused-ring (bicyclic) bond motifs is 6. The van der Waals surface area contributed by atoms with Crippen LogP contribution in [0.25, 0.3) is 10.8 Å². The molecule has 260 valence electrons. The van der Waals surface area contributed by atoms with E-state index in [9.17, 15) is 18.6 Å². The summed E-state index contributed by atoms with van der Waals surface area (Å²) in [7, 11) is 0.0116. The van der Waals surface area contributed by atoms with Gasteiger partial charge >= 0.3 is 0 Å². The second-order valence-electron chi connectivity index (χ2n) is 17.0. The topological polar surface area (TPSA) is 102 Å². The van der Waals surface area contributed by atoms with Gasteiger partial charge in [0, 0.05) is 49.1 Å². The van der Waals surface area contributed by atoms with E-state index >= 15 is 0 Å². The third kappa shape index (κ3) is 5.82. The molecular weight excluding hydrogens is 607 g/mol. The largest absolute Gasteiger partial charge is 0.393 e. The molecule has 4 aliphatic rings. The lowest BCUT2D eigenvalue weighted by atomic mass is 9.53. The first-order valence-electron chi connectivity index (χ1n) is 18.3. The number of hydrogen-bond donors (Lipinski definition) is 3. The maximum Gasteiger partial charge on any atom is 0.276 e. The smallest absolute Gasteiger partial charge is 0.276 e. The van der Waals surface area contributed by atoms with Gasteiger partial charge in [-0.1, -0.05) is 72.1 Å². The van der Waals surface area contributed by atoms with Crippen molar-refractivity contribution < 1.29 is 18.6 Å². The predicted molar refractivity (Wildman–Crippen MR) is 192 cm³/mol. The number of aliphatic hydroxyl groups is 2. The van der Waals surface area contributed by atoms with Gasteiger partial charge in [0.05, 0.1) is 16.6 Å². The maximum atomic E-state index is 13.6. The molecule has 0 saturated heterocycles. The monoisotopic (exact) mass is 665 g/mol. The van der Waals surface area contributed by atoms with Gasteiger partial charge in [-0.15, -0.1) is 0 Å². The molecule has 4 fully saturated rings. The number of hydrazone groups is 1. The van der Waals surface area contributed by atoms with Crippen LogP contribution in [0.5, 0.6) is 0 Å². The molecule has 47 heavy (non-hydrogen) atoms. The second-order valence-corrected chi connectivity index (χ2v) is 18.7. The third-order valence-corrected chi connectivity index (χ3v) is 15.1. The summed E-state index contributed by atoms with van der Waals surface area (Å²) in [6.07, 6.45) is 11.4. The first-order chi connectivity index (χ1) is 22.1. The van der Waals surface area contributed by atoms with Crippen LogP contribution in [0, 0.1) is 52.3 Å². The Bertz CT molecular complexity index is 1590. The maximum absolute atomic E-state index is 13.6. The fraction of sp³-hybridized carbons (Fsp3) is 0.718. The van der Waals surface area contributed by atoms with Crippen LogP contribution in [0.15, 0.2) is 46.4 Å². The van der Waals surface area contributed by atoms with E-state index in [1.807, 2.05) is 43.3 Å². The SMILES string of the molecule is CC(C)CCC[C@@H](C)[C@H]1CCC2C3C(/C=N/NS(=O)(=O)c4ccc5c(N(C)C)cccc5c4)[C@]4(O)C[C@@H](O)CC[C@]4(C)C3CC[C@@]21C. The molecule has 0 amide bonds. The molecule has 0 bridgehead atoms. The van der Waals surface area contributed by atoms with Crippen LogP contribution in [-0.4, -0.2) is 50.6 Å². The summed E-state index contributed by atoms with van der Waals surface area (Å²) in [5.74, 6) is 2.72. The van der Waals surface area contributed by atoms with Gasteiger partial charge in [0.1, 0.15) is 0 Å². The molecule has 4 aliphatic carbocycles. The number of benzene rings is 2.